The van der Waals surface area contributed by atoms with Crippen molar-refractivity contribution in [3.8, 4) is 0 Å². The SMILES string of the molecule is CC(Cc1cccs1)Nc1ccc(S(=O)(=O)N(C)C)cc1. The zero-order valence-electron chi connectivity index (χ0n) is 12.4. The maximum absolute atomic E-state index is 12.0. The van der Waals surface area contributed by atoms with Gasteiger partial charge in [0.15, 0.2) is 0 Å². The minimum Gasteiger partial charge on any atom is -0.382 e. The van der Waals surface area contributed by atoms with Crippen molar-refractivity contribution in [3.63, 3.8) is 0 Å². The van der Waals surface area contributed by atoms with E-state index < -0.39 is 10.0 Å². The number of sulfonamides is 1. The molecule has 0 spiro atoms. The van der Waals surface area contributed by atoms with E-state index in [2.05, 4.69) is 23.7 Å². The van der Waals surface area contributed by atoms with Gasteiger partial charge >= 0.3 is 0 Å². The van der Waals surface area contributed by atoms with Crippen molar-refractivity contribution in [2.24, 2.45) is 0 Å². The zero-order valence-corrected chi connectivity index (χ0v) is 14.0. The van der Waals surface area contributed by atoms with Crippen LogP contribution < -0.4 is 5.32 Å². The van der Waals surface area contributed by atoms with Crippen molar-refractivity contribution in [2.75, 3.05) is 19.4 Å². The molecule has 0 amide bonds. The molecule has 1 unspecified atom stereocenters. The average Bonchev–Trinajstić information content (AvgIpc) is 2.91. The number of nitrogens with one attached hydrogen (secondary N) is 1. The molecule has 1 N–H and O–H groups in total. The maximum atomic E-state index is 12.0. The quantitative estimate of drug-likeness (QED) is 0.888. The van der Waals surface area contributed by atoms with Crippen LogP contribution in [-0.4, -0.2) is 32.9 Å². The number of nitrogens with zero attached hydrogens (tertiary/aromatic N) is 1. The molecule has 1 atom stereocenters. The molecular formula is C15H20N2O2S2. The molecule has 21 heavy (non-hydrogen) atoms. The lowest BCUT2D eigenvalue weighted by Crippen LogP contribution is -2.22. The fourth-order valence-corrected chi connectivity index (χ4v) is 3.74. The lowest BCUT2D eigenvalue weighted by Gasteiger charge is -2.16. The van der Waals surface area contributed by atoms with E-state index in [0.29, 0.717) is 10.9 Å². The molecule has 0 saturated carbocycles. The first-order valence-electron chi connectivity index (χ1n) is 6.71. The summed E-state index contributed by atoms with van der Waals surface area (Å²) in [6, 6.07) is 11.3. The number of rotatable bonds is 6. The summed E-state index contributed by atoms with van der Waals surface area (Å²) in [7, 11) is -0.291. The molecule has 1 aromatic carbocycles. The first-order chi connectivity index (χ1) is 9.89. The van der Waals surface area contributed by atoms with E-state index in [-0.39, 0.29) is 0 Å². The first kappa shape index (κ1) is 16.0. The summed E-state index contributed by atoms with van der Waals surface area (Å²) in [6.07, 6.45) is 0.954. The van der Waals surface area contributed by atoms with Crippen LogP contribution in [0, 0.1) is 0 Å². The standard InChI is InChI=1S/C15H20N2O2S2/c1-12(11-14-5-4-10-20-14)16-13-6-8-15(9-7-13)21(18,19)17(2)3/h4-10,12,16H,11H2,1-3H3. The van der Waals surface area contributed by atoms with Gasteiger partial charge in [0, 0.05) is 37.1 Å². The second kappa shape index (κ2) is 6.60. The summed E-state index contributed by atoms with van der Waals surface area (Å²) >= 11 is 1.75. The minimum atomic E-state index is -3.36. The molecule has 0 radical (unpaired) electrons. The molecule has 6 heteroatoms. The van der Waals surface area contributed by atoms with Crippen molar-refractivity contribution in [3.05, 3.63) is 46.7 Å². The van der Waals surface area contributed by atoms with Crippen LogP contribution >= 0.6 is 11.3 Å². The van der Waals surface area contributed by atoms with Crippen LogP contribution in [0.5, 0.6) is 0 Å². The largest absolute Gasteiger partial charge is 0.382 e. The van der Waals surface area contributed by atoms with Gasteiger partial charge in [-0.3, -0.25) is 0 Å². The summed E-state index contributed by atoms with van der Waals surface area (Å²) < 4.78 is 25.2. The van der Waals surface area contributed by atoms with E-state index in [1.165, 1.54) is 23.3 Å². The molecule has 2 aromatic rings. The molecule has 2 rings (SSSR count). The van der Waals surface area contributed by atoms with E-state index in [9.17, 15) is 8.42 Å². The fraction of sp³-hybridized carbons (Fsp3) is 0.333. The molecule has 0 aliphatic rings. The van der Waals surface area contributed by atoms with Crippen LogP contribution in [-0.2, 0) is 16.4 Å². The predicted octanol–water partition coefficient (Wildman–Crippen LogP) is 3.04. The Kier molecular flexibility index (Phi) is 5.03. The Bertz CT molecular complexity index is 662. The summed E-state index contributed by atoms with van der Waals surface area (Å²) in [5.74, 6) is 0. The smallest absolute Gasteiger partial charge is 0.242 e. The van der Waals surface area contributed by atoms with Crippen molar-refractivity contribution < 1.29 is 8.42 Å². The Morgan fingerprint density at radius 1 is 1.19 bits per heavy atom. The fourth-order valence-electron chi connectivity index (χ4n) is 2.00. The van der Waals surface area contributed by atoms with Gasteiger partial charge < -0.3 is 5.32 Å². The van der Waals surface area contributed by atoms with Crippen molar-refractivity contribution in [1.29, 1.82) is 0 Å². The third kappa shape index (κ3) is 4.06. The van der Waals surface area contributed by atoms with E-state index in [4.69, 9.17) is 0 Å². The number of anilines is 1. The number of hydrogen-bond donors (Lipinski definition) is 1. The number of benzene rings is 1. The van der Waals surface area contributed by atoms with Gasteiger partial charge in [-0.25, -0.2) is 12.7 Å². The van der Waals surface area contributed by atoms with Gasteiger partial charge in [0.2, 0.25) is 10.0 Å². The summed E-state index contributed by atoms with van der Waals surface area (Å²) in [5, 5.41) is 5.46. The van der Waals surface area contributed by atoms with E-state index >= 15 is 0 Å². The Balaban J connectivity index is 2.03. The maximum Gasteiger partial charge on any atom is 0.242 e. The van der Waals surface area contributed by atoms with Gasteiger partial charge in [-0.05, 0) is 42.6 Å². The topological polar surface area (TPSA) is 49.4 Å². The predicted molar refractivity (Wildman–Crippen MR) is 88.4 cm³/mol. The molecule has 1 heterocycles. The second-order valence-electron chi connectivity index (χ2n) is 5.14. The Labute approximate surface area is 130 Å². The molecule has 0 saturated heterocycles. The Hall–Kier alpha value is -1.37. The highest BCUT2D eigenvalue weighted by molar-refractivity contribution is 7.89. The Morgan fingerprint density at radius 3 is 2.38 bits per heavy atom. The van der Waals surface area contributed by atoms with Crippen LogP contribution in [0.2, 0.25) is 0 Å². The molecule has 0 aliphatic carbocycles. The number of thiophene rings is 1. The van der Waals surface area contributed by atoms with Crippen LogP contribution in [0.15, 0.2) is 46.7 Å². The van der Waals surface area contributed by atoms with Crippen molar-refractivity contribution in [2.45, 2.75) is 24.3 Å². The summed E-state index contributed by atoms with van der Waals surface area (Å²) in [6.45, 7) is 2.12. The highest BCUT2D eigenvalue weighted by Gasteiger charge is 2.16. The molecule has 4 nitrogen and oxygen atoms in total. The number of hydrogen-bond acceptors (Lipinski definition) is 4. The highest BCUT2D eigenvalue weighted by Crippen LogP contribution is 2.18. The average molecular weight is 324 g/mol. The molecule has 0 fully saturated rings. The second-order valence-corrected chi connectivity index (χ2v) is 8.32. The van der Waals surface area contributed by atoms with E-state index in [1.54, 1.807) is 35.6 Å². The lowest BCUT2D eigenvalue weighted by atomic mass is 10.2. The van der Waals surface area contributed by atoms with Gasteiger partial charge in [-0.15, -0.1) is 11.3 Å². The molecule has 1 aromatic heterocycles. The molecule has 0 aliphatic heterocycles. The van der Waals surface area contributed by atoms with Crippen LogP contribution in [0.4, 0.5) is 5.69 Å². The highest BCUT2D eigenvalue weighted by atomic mass is 32.2. The van der Waals surface area contributed by atoms with E-state index in [1.807, 2.05) is 6.07 Å². The van der Waals surface area contributed by atoms with E-state index in [0.717, 1.165) is 12.1 Å². The molecule has 0 bridgehead atoms. The van der Waals surface area contributed by atoms with Crippen molar-refractivity contribution in [1.82, 2.24) is 4.31 Å². The molecular weight excluding hydrogens is 304 g/mol. The third-order valence-electron chi connectivity index (χ3n) is 3.13. The Morgan fingerprint density at radius 2 is 1.86 bits per heavy atom. The summed E-state index contributed by atoms with van der Waals surface area (Å²) in [5.41, 5.74) is 0.928. The molecule has 114 valence electrons. The zero-order chi connectivity index (χ0) is 15.5. The van der Waals surface area contributed by atoms with Gasteiger partial charge in [-0.1, -0.05) is 6.07 Å². The lowest BCUT2D eigenvalue weighted by molar-refractivity contribution is 0.521. The normalized spacial score (nSPS) is 13.3. The minimum absolute atomic E-state index is 0.292. The van der Waals surface area contributed by atoms with Crippen LogP contribution in [0.25, 0.3) is 0 Å². The third-order valence-corrected chi connectivity index (χ3v) is 5.86. The van der Waals surface area contributed by atoms with Gasteiger partial charge in [-0.2, -0.15) is 0 Å². The first-order valence-corrected chi connectivity index (χ1v) is 9.03. The van der Waals surface area contributed by atoms with Crippen molar-refractivity contribution >= 4 is 27.0 Å². The summed E-state index contributed by atoms with van der Waals surface area (Å²) in [4.78, 5) is 1.64. The van der Waals surface area contributed by atoms with Gasteiger partial charge in [0.25, 0.3) is 0 Å². The van der Waals surface area contributed by atoms with Gasteiger partial charge in [0.1, 0.15) is 0 Å². The monoisotopic (exact) mass is 324 g/mol. The van der Waals surface area contributed by atoms with Crippen LogP contribution in [0.1, 0.15) is 11.8 Å². The van der Waals surface area contributed by atoms with Crippen LogP contribution in [0.3, 0.4) is 0 Å². The van der Waals surface area contributed by atoms with Gasteiger partial charge in [0.05, 0.1) is 4.90 Å².